The number of nitrogens with zero attached hydrogens (tertiary/aromatic N) is 3. The standard InChI is InChI=1S/C29H31N5/c30-28(19-23-8-3-6-21-5-1-2-9-25(21)23)14-17-33(18-15-28)34-16-13-24-12-11-22-7-4-10-26-27(22)29(24,34)32-20-31-26/h1-9,11,13,20H,10,12,14-19,30H2,(H,31,32). The van der Waals surface area contributed by atoms with Gasteiger partial charge in [0, 0.05) is 42.9 Å². The average molecular weight is 450 g/mol. The average Bonchev–Trinajstić information content (AvgIpc) is 3.23. The third-order valence-electron chi connectivity index (χ3n) is 8.42. The fourth-order valence-electron chi connectivity index (χ4n) is 6.67. The highest BCUT2D eigenvalue weighted by Crippen LogP contribution is 2.51. The Morgan fingerprint density at radius 3 is 2.76 bits per heavy atom. The molecule has 2 aromatic carbocycles. The molecular formula is C29H31N5. The normalized spacial score (nSPS) is 27.8. The molecule has 0 aromatic heterocycles. The Balaban J connectivity index is 1.14. The van der Waals surface area contributed by atoms with Crippen LogP contribution in [-0.2, 0) is 6.42 Å². The van der Waals surface area contributed by atoms with E-state index in [4.69, 9.17) is 10.7 Å². The number of allylic oxidation sites excluding steroid dienone is 3. The maximum Gasteiger partial charge on any atom is 0.177 e. The lowest BCUT2D eigenvalue weighted by Gasteiger charge is -2.51. The van der Waals surface area contributed by atoms with Gasteiger partial charge in [-0.2, -0.15) is 0 Å². The van der Waals surface area contributed by atoms with Crippen LogP contribution in [0.25, 0.3) is 10.8 Å². The zero-order chi connectivity index (χ0) is 22.8. The number of benzene rings is 2. The highest BCUT2D eigenvalue weighted by atomic mass is 15.7. The molecule has 1 unspecified atom stereocenters. The van der Waals surface area contributed by atoms with E-state index in [1.54, 1.807) is 0 Å². The number of nitrogens with one attached hydrogen (secondary N) is 1. The first-order valence-electron chi connectivity index (χ1n) is 12.5. The summed E-state index contributed by atoms with van der Waals surface area (Å²) in [6, 6.07) is 15.3. The van der Waals surface area contributed by atoms with Crippen molar-refractivity contribution in [2.24, 2.45) is 10.7 Å². The fourth-order valence-corrected chi connectivity index (χ4v) is 6.67. The number of rotatable bonds is 3. The minimum Gasteiger partial charge on any atom is -0.349 e. The molecule has 1 spiro atoms. The molecule has 1 saturated heterocycles. The van der Waals surface area contributed by atoms with E-state index in [0.29, 0.717) is 0 Å². The highest BCUT2D eigenvalue weighted by molar-refractivity contribution is 5.85. The van der Waals surface area contributed by atoms with Gasteiger partial charge in [-0.3, -0.25) is 0 Å². The molecule has 172 valence electrons. The second kappa shape index (κ2) is 7.51. The molecule has 1 atom stereocenters. The smallest absolute Gasteiger partial charge is 0.177 e. The molecule has 5 aliphatic rings. The van der Waals surface area contributed by atoms with Gasteiger partial charge in [0.2, 0.25) is 0 Å². The first-order chi connectivity index (χ1) is 16.7. The van der Waals surface area contributed by atoms with Crippen LogP contribution in [0.2, 0.25) is 0 Å². The quantitative estimate of drug-likeness (QED) is 0.690. The van der Waals surface area contributed by atoms with Gasteiger partial charge in [0.05, 0.1) is 6.34 Å². The largest absolute Gasteiger partial charge is 0.349 e. The summed E-state index contributed by atoms with van der Waals surface area (Å²) in [5, 5.41) is 11.1. The Kier molecular flexibility index (Phi) is 4.50. The van der Waals surface area contributed by atoms with E-state index in [2.05, 4.69) is 82.1 Å². The van der Waals surface area contributed by atoms with Crippen LogP contribution in [0.4, 0.5) is 0 Å². The molecule has 0 radical (unpaired) electrons. The summed E-state index contributed by atoms with van der Waals surface area (Å²) in [6.45, 7) is 2.84. The molecule has 0 amide bonds. The molecule has 2 aliphatic carbocycles. The first-order valence-corrected chi connectivity index (χ1v) is 12.5. The monoisotopic (exact) mass is 449 g/mol. The predicted molar refractivity (Wildman–Crippen MR) is 138 cm³/mol. The van der Waals surface area contributed by atoms with Gasteiger partial charge in [-0.25, -0.2) is 15.0 Å². The Morgan fingerprint density at radius 1 is 1.00 bits per heavy atom. The van der Waals surface area contributed by atoms with Gasteiger partial charge in [-0.1, -0.05) is 66.8 Å². The zero-order valence-electron chi connectivity index (χ0n) is 19.5. The lowest BCUT2D eigenvalue weighted by atomic mass is 9.76. The van der Waals surface area contributed by atoms with E-state index < -0.39 is 0 Å². The van der Waals surface area contributed by atoms with E-state index in [1.165, 1.54) is 38.8 Å². The van der Waals surface area contributed by atoms with Gasteiger partial charge in [-0.05, 0) is 53.2 Å². The molecule has 0 bridgehead atoms. The predicted octanol–water partition coefficient (Wildman–Crippen LogP) is 4.20. The second-order valence-corrected chi connectivity index (χ2v) is 10.3. The SMILES string of the molecule is NC1(Cc2cccc3ccccc23)CCN(N2CC=C3CC=C4C=CCC5=C4C32N=CN5)CC1. The summed E-state index contributed by atoms with van der Waals surface area (Å²) >= 11 is 0. The summed E-state index contributed by atoms with van der Waals surface area (Å²) in [4.78, 5) is 5.14. The van der Waals surface area contributed by atoms with E-state index in [9.17, 15) is 0 Å². The molecular weight excluding hydrogens is 418 g/mol. The van der Waals surface area contributed by atoms with E-state index in [1.807, 2.05) is 6.34 Å². The summed E-state index contributed by atoms with van der Waals surface area (Å²) in [6.07, 6.45) is 16.0. The molecule has 34 heavy (non-hydrogen) atoms. The number of nitrogens with two attached hydrogens (primary N) is 1. The molecule has 1 fully saturated rings. The van der Waals surface area contributed by atoms with E-state index in [0.717, 1.165) is 51.7 Å². The molecule has 3 aliphatic heterocycles. The lowest BCUT2D eigenvalue weighted by molar-refractivity contribution is -0.0845. The van der Waals surface area contributed by atoms with Crippen LogP contribution in [0, 0.1) is 0 Å². The molecule has 5 nitrogen and oxygen atoms in total. The Bertz CT molecular complexity index is 1310. The Labute approximate surface area is 201 Å². The van der Waals surface area contributed by atoms with Crippen molar-refractivity contribution in [3.63, 3.8) is 0 Å². The Morgan fingerprint density at radius 2 is 1.85 bits per heavy atom. The molecule has 3 N–H and O–H groups in total. The molecule has 7 rings (SSSR count). The van der Waals surface area contributed by atoms with Gasteiger partial charge in [0.1, 0.15) is 0 Å². The van der Waals surface area contributed by atoms with E-state index in [-0.39, 0.29) is 11.2 Å². The van der Waals surface area contributed by atoms with Crippen LogP contribution >= 0.6 is 0 Å². The number of hydrazine groups is 1. The third-order valence-corrected chi connectivity index (χ3v) is 8.42. The van der Waals surface area contributed by atoms with Crippen molar-refractivity contribution in [2.45, 2.75) is 43.3 Å². The molecule has 3 heterocycles. The number of fused-ring (bicyclic) bond motifs is 1. The fraction of sp³-hybridized carbons (Fsp3) is 0.345. The number of hydrogen-bond acceptors (Lipinski definition) is 5. The van der Waals surface area contributed by atoms with Crippen molar-refractivity contribution >= 4 is 17.1 Å². The van der Waals surface area contributed by atoms with Crippen molar-refractivity contribution in [3.05, 3.63) is 94.7 Å². The third kappa shape index (κ3) is 2.94. The van der Waals surface area contributed by atoms with E-state index >= 15 is 0 Å². The maximum absolute atomic E-state index is 7.05. The van der Waals surface area contributed by atoms with Crippen molar-refractivity contribution < 1.29 is 0 Å². The van der Waals surface area contributed by atoms with Gasteiger partial charge in [-0.15, -0.1) is 0 Å². The second-order valence-electron chi connectivity index (χ2n) is 10.3. The van der Waals surface area contributed by atoms with Crippen LogP contribution in [-0.4, -0.2) is 47.2 Å². The summed E-state index contributed by atoms with van der Waals surface area (Å²) in [5.41, 5.74) is 13.3. The number of piperidine rings is 1. The lowest BCUT2D eigenvalue weighted by Crippen LogP contribution is -2.62. The van der Waals surface area contributed by atoms with Crippen LogP contribution in [0.1, 0.15) is 31.2 Å². The van der Waals surface area contributed by atoms with Gasteiger partial charge in [0.15, 0.2) is 5.66 Å². The summed E-state index contributed by atoms with van der Waals surface area (Å²) in [7, 11) is 0. The van der Waals surface area contributed by atoms with Gasteiger partial charge >= 0.3 is 0 Å². The first kappa shape index (κ1) is 20.4. The van der Waals surface area contributed by atoms with Crippen molar-refractivity contribution in [1.29, 1.82) is 0 Å². The van der Waals surface area contributed by atoms with Crippen LogP contribution in [0.3, 0.4) is 0 Å². The maximum atomic E-state index is 7.05. The molecule has 0 saturated carbocycles. The van der Waals surface area contributed by atoms with Crippen LogP contribution in [0.5, 0.6) is 0 Å². The minimum absolute atomic E-state index is 0.179. The molecule has 2 aromatic rings. The Hall–Kier alpha value is -2.99. The van der Waals surface area contributed by atoms with Crippen molar-refractivity contribution in [3.8, 4) is 0 Å². The number of aliphatic imine (C=N–C) groups is 1. The number of hydrogen-bond donors (Lipinski definition) is 2. The van der Waals surface area contributed by atoms with Crippen molar-refractivity contribution in [1.82, 2.24) is 15.3 Å². The molecule has 5 heteroatoms. The highest BCUT2D eigenvalue weighted by Gasteiger charge is 2.54. The topological polar surface area (TPSA) is 56.9 Å². The summed E-state index contributed by atoms with van der Waals surface area (Å²) in [5.74, 6) is 0. The summed E-state index contributed by atoms with van der Waals surface area (Å²) < 4.78 is 0. The van der Waals surface area contributed by atoms with Gasteiger partial charge < -0.3 is 11.1 Å². The van der Waals surface area contributed by atoms with Crippen molar-refractivity contribution in [2.75, 3.05) is 19.6 Å². The van der Waals surface area contributed by atoms with Gasteiger partial charge in [0.25, 0.3) is 0 Å². The zero-order valence-corrected chi connectivity index (χ0v) is 19.5. The van der Waals surface area contributed by atoms with Crippen LogP contribution in [0.15, 0.2) is 94.2 Å². The van der Waals surface area contributed by atoms with Crippen LogP contribution < -0.4 is 11.1 Å². The minimum atomic E-state index is -0.375.